The number of carbonyl (C=O) groups is 1. The molecule has 0 spiro atoms. The fourth-order valence-corrected chi connectivity index (χ4v) is 3.11. The lowest BCUT2D eigenvalue weighted by Crippen LogP contribution is -2.25. The van der Waals surface area contributed by atoms with Gasteiger partial charge in [0, 0.05) is 6.54 Å². The molecular weight excluding hydrogens is 383 g/mol. The molecule has 7 heteroatoms. The second-order valence-electron chi connectivity index (χ2n) is 7.06. The molecule has 2 aromatic carbocycles. The Balaban J connectivity index is 1.57. The van der Waals surface area contributed by atoms with Crippen LogP contribution in [-0.2, 0) is 13.1 Å². The van der Waals surface area contributed by atoms with Gasteiger partial charge in [0.15, 0.2) is 0 Å². The number of benzene rings is 2. The van der Waals surface area contributed by atoms with Crippen molar-refractivity contribution in [3.63, 3.8) is 0 Å². The second kappa shape index (κ2) is 8.24. The molecule has 0 aliphatic heterocycles. The zero-order chi connectivity index (χ0) is 21.1. The number of fused-ring (bicyclic) bond motifs is 1. The van der Waals surface area contributed by atoms with Gasteiger partial charge in [0.2, 0.25) is 0 Å². The molecule has 0 aliphatic carbocycles. The summed E-state index contributed by atoms with van der Waals surface area (Å²) in [6.07, 6.45) is 2.80. The maximum atomic E-state index is 13.4. The molecule has 4 aromatic rings. The number of amides is 1. The summed E-state index contributed by atoms with van der Waals surface area (Å²) in [5, 5.41) is 3.09. The Morgan fingerprint density at radius 1 is 1.07 bits per heavy atom. The molecule has 0 bridgehead atoms. The largest absolute Gasteiger partial charge is 0.347 e. The average Bonchev–Trinajstić information content (AvgIpc) is 2.75. The van der Waals surface area contributed by atoms with Crippen molar-refractivity contribution in [1.29, 1.82) is 0 Å². The molecule has 0 fully saturated rings. The van der Waals surface area contributed by atoms with E-state index in [4.69, 9.17) is 0 Å². The first-order chi connectivity index (χ1) is 14.5. The number of hydrogen-bond acceptors (Lipinski definition) is 4. The van der Waals surface area contributed by atoms with Gasteiger partial charge in [-0.05, 0) is 36.2 Å². The highest BCUT2D eigenvalue weighted by Gasteiger charge is 2.12. The highest BCUT2D eigenvalue weighted by atomic mass is 19.1. The molecule has 1 amide bonds. The highest BCUT2D eigenvalue weighted by Crippen LogP contribution is 2.10. The molecule has 30 heavy (non-hydrogen) atoms. The fraction of sp³-hybridized carbons (Fsp3) is 0.130. The van der Waals surface area contributed by atoms with Gasteiger partial charge in [-0.15, -0.1) is 0 Å². The van der Waals surface area contributed by atoms with E-state index >= 15 is 0 Å². The first kappa shape index (κ1) is 19.4. The van der Waals surface area contributed by atoms with Crippen LogP contribution >= 0.6 is 0 Å². The SMILES string of the molecule is Cc1ccc(CNC(=O)c2cc3c(=O)n(Cc4cccc(F)c4)cnc3cn2)cc1. The zero-order valence-electron chi connectivity index (χ0n) is 16.3. The summed E-state index contributed by atoms with van der Waals surface area (Å²) < 4.78 is 14.8. The Kier molecular flexibility index (Phi) is 5.34. The van der Waals surface area contributed by atoms with E-state index in [-0.39, 0.29) is 34.9 Å². The van der Waals surface area contributed by atoms with Crippen molar-refractivity contribution in [2.75, 3.05) is 0 Å². The van der Waals surface area contributed by atoms with Gasteiger partial charge in [-0.2, -0.15) is 0 Å². The Morgan fingerprint density at radius 3 is 2.63 bits per heavy atom. The van der Waals surface area contributed by atoms with Gasteiger partial charge in [-0.3, -0.25) is 14.2 Å². The number of aromatic nitrogens is 3. The fourth-order valence-electron chi connectivity index (χ4n) is 3.11. The summed E-state index contributed by atoms with van der Waals surface area (Å²) in [7, 11) is 0. The van der Waals surface area contributed by atoms with Crippen molar-refractivity contribution in [1.82, 2.24) is 19.9 Å². The maximum Gasteiger partial charge on any atom is 0.270 e. The number of halogens is 1. The van der Waals surface area contributed by atoms with Crippen LogP contribution in [-0.4, -0.2) is 20.4 Å². The summed E-state index contributed by atoms with van der Waals surface area (Å²) in [6.45, 7) is 2.53. The first-order valence-electron chi connectivity index (χ1n) is 9.43. The highest BCUT2D eigenvalue weighted by molar-refractivity contribution is 5.95. The van der Waals surface area contributed by atoms with Crippen LogP contribution in [0.4, 0.5) is 4.39 Å². The monoisotopic (exact) mass is 402 g/mol. The van der Waals surface area contributed by atoms with Gasteiger partial charge in [0.05, 0.1) is 30.0 Å². The summed E-state index contributed by atoms with van der Waals surface area (Å²) in [5.74, 6) is -0.747. The topological polar surface area (TPSA) is 76.9 Å². The average molecular weight is 402 g/mol. The molecule has 0 unspecified atom stereocenters. The molecular formula is C23H19FN4O2. The van der Waals surface area contributed by atoms with E-state index in [1.807, 2.05) is 31.2 Å². The van der Waals surface area contributed by atoms with Gasteiger partial charge < -0.3 is 5.32 Å². The van der Waals surface area contributed by atoms with E-state index in [2.05, 4.69) is 15.3 Å². The molecule has 0 saturated heterocycles. The molecule has 0 saturated carbocycles. The molecule has 4 rings (SSSR count). The van der Waals surface area contributed by atoms with E-state index < -0.39 is 0 Å². The normalized spacial score (nSPS) is 10.9. The maximum absolute atomic E-state index is 13.4. The van der Waals surface area contributed by atoms with Crippen LogP contribution in [0.2, 0.25) is 0 Å². The quantitative estimate of drug-likeness (QED) is 0.556. The summed E-state index contributed by atoms with van der Waals surface area (Å²) >= 11 is 0. The molecule has 0 atom stereocenters. The number of pyridine rings is 1. The van der Waals surface area contributed by atoms with Crippen LogP contribution in [0.3, 0.4) is 0 Å². The van der Waals surface area contributed by atoms with Crippen molar-refractivity contribution in [2.45, 2.75) is 20.0 Å². The number of rotatable bonds is 5. The van der Waals surface area contributed by atoms with E-state index in [0.717, 1.165) is 11.1 Å². The predicted molar refractivity (Wildman–Crippen MR) is 112 cm³/mol. The summed E-state index contributed by atoms with van der Waals surface area (Å²) in [6, 6.07) is 15.3. The Bertz CT molecular complexity index is 1280. The van der Waals surface area contributed by atoms with Gasteiger partial charge in [-0.25, -0.2) is 14.4 Å². The third kappa shape index (κ3) is 4.25. The zero-order valence-corrected chi connectivity index (χ0v) is 16.3. The standard InChI is InChI=1S/C23H19FN4O2/c1-15-5-7-16(8-6-15)11-26-22(29)20-10-19-21(12-25-20)27-14-28(23(19)30)13-17-3-2-4-18(24)9-17/h2-10,12,14H,11,13H2,1H3,(H,26,29). The van der Waals surface area contributed by atoms with Gasteiger partial charge >= 0.3 is 0 Å². The van der Waals surface area contributed by atoms with Gasteiger partial charge in [0.25, 0.3) is 11.5 Å². The lowest BCUT2D eigenvalue weighted by atomic mass is 10.1. The van der Waals surface area contributed by atoms with Crippen LogP contribution in [0.5, 0.6) is 0 Å². The van der Waals surface area contributed by atoms with E-state index in [0.29, 0.717) is 17.6 Å². The lowest BCUT2D eigenvalue weighted by Gasteiger charge is -2.08. The molecule has 0 aliphatic rings. The van der Waals surface area contributed by atoms with Crippen LogP contribution in [0.15, 0.2) is 71.9 Å². The predicted octanol–water partition coefficient (Wildman–Crippen LogP) is 3.22. The number of nitrogens with one attached hydrogen (secondary N) is 1. The van der Waals surface area contributed by atoms with E-state index in [9.17, 15) is 14.0 Å². The molecule has 150 valence electrons. The van der Waals surface area contributed by atoms with Crippen LogP contribution < -0.4 is 10.9 Å². The van der Waals surface area contributed by atoms with E-state index in [1.165, 1.54) is 35.3 Å². The number of hydrogen-bond donors (Lipinski definition) is 1. The minimum Gasteiger partial charge on any atom is -0.347 e. The van der Waals surface area contributed by atoms with Crippen LogP contribution in [0.25, 0.3) is 10.9 Å². The second-order valence-corrected chi connectivity index (χ2v) is 7.06. The number of aryl methyl sites for hydroxylation is 1. The minimum absolute atomic E-state index is 0.136. The van der Waals surface area contributed by atoms with Gasteiger partial charge in [0.1, 0.15) is 11.5 Å². The summed E-state index contributed by atoms with van der Waals surface area (Å²) in [5.41, 5.74) is 2.96. The lowest BCUT2D eigenvalue weighted by molar-refractivity contribution is 0.0946. The third-order valence-electron chi connectivity index (χ3n) is 4.76. The van der Waals surface area contributed by atoms with Gasteiger partial charge in [-0.1, -0.05) is 42.0 Å². The number of carbonyl (C=O) groups excluding carboxylic acids is 1. The van der Waals surface area contributed by atoms with E-state index in [1.54, 1.807) is 12.1 Å². The van der Waals surface area contributed by atoms with Crippen molar-refractivity contribution in [3.8, 4) is 0 Å². The Hall–Kier alpha value is -3.87. The van der Waals surface area contributed by atoms with Crippen molar-refractivity contribution in [3.05, 3.63) is 106 Å². The minimum atomic E-state index is -0.377. The molecule has 0 radical (unpaired) electrons. The van der Waals surface area contributed by atoms with Crippen molar-refractivity contribution >= 4 is 16.8 Å². The smallest absolute Gasteiger partial charge is 0.270 e. The molecule has 1 N–H and O–H groups in total. The van der Waals surface area contributed by atoms with Crippen LogP contribution in [0, 0.1) is 12.7 Å². The first-order valence-corrected chi connectivity index (χ1v) is 9.43. The molecule has 2 aromatic heterocycles. The Morgan fingerprint density at radius 2 is 1.87 bits per heavy atom. The molecule has 6 nitrogen and oxygen atoms in total. The summed E-state index contributed by atoms with van der Waals surface area (Å²) in [4.78, 5) is 33.7. The molecule has 2 heterocycles. The van der Waals surface area contributed by atoms with Crippen molar-refractivity contribution < 1.29 is 9.18 Å². The third-order valence-corrected chi connectivity index (χ3v) is 4.76. The van der Waals surface area contributed by atoms with Crippen LogP contribution in [0.1, 0.15) is 27.2 Å². The van der Waals surface area contributed by atoms with Crippen molar-refractivity contribution in [2.24, 2.45) is 0 Å². The number of nitrogens with zero attached hydrogens (tertiary/aromatic N) is 3. The Labute approximate surface area is 172 Å².